The lowest BCUT2D eigenvalue weighted by molar-refractivity contribution is -0.125. The van der Waals surface area contributed by atoms with Crippen LogP contribution >= 0.6 is 0 Å². The molecule has 1 heterocycles. The van der Waals surface area contributed by atoms with Gasteiger partial charge in [-0.25, -0.2) is 0 Å². The van der Waals surface area contributed by atoms with E-state index in [1.54, 1.807) is 14.0 Å². The first-order valence-electron chi connectivity index (χ1n) is 5.33. The van der Waals surface area contributed by atoms with E-state index in [2.05, 4.69) is 15.6 Å². The van der Waals surface area contributed by atoms with E-state index in [4.69, 9.17) is 9.47 Å². The van der Waals surface area contributed by atoms with Crippen LogP contribution in [0.1, 0.15) is 13.8 Å². The molecule has 1 atom stereocenters. The van der Waals surface area contributed by atoms with Gasteiger partial charge in [0.15, 0.2) is 5.96 Å². The minimum Gasteiger partial charge on any atom is -0.383 e. The van der Waals surface area contributed by atoms with Crippen LogP contribution in [0.5, 0.6) is 0 Å². The number of guanidine groups is 1. The number of rotatable bonds is 6. The summed E-state index contributed by atoms with van der Waals surface area (Å²) in [6.07, 6.45) is 0. The van der Waals surface area contributed by atoms with E-state index >= 15 is 0 Å². The van der Waals surface area contributed by atoms with E-state index in [0.29, 0.717) is 32.3 Å². The summed E-state index contributed by atoms with van der Waals surface area (Å²) in [5.41, 5.74) is -0.720. The Labute approximate surface area is 95.4 Å². The number of methoxy groups -OCH3 is 1. The Hall–Kier alpha value is -1.14. The second-order valence-corrected chi connectivity index (χ2v) is 3.77. The van der Waals surface area contributed by atoms with Crippen molar-refractivity contribution in [2.75, 3.05) is 33.5 Å². The van der Waals surface area contributed by atoms with E-state index in [-0.39, 0.29) is 5.91 Å². The zero-order valence-corrected chi connectivity index (χ0v) is 10.0. The number of ether oxygens (including phenoxy) is 2. The highest BCUT2D eigenvalue weighted by molar-refractivity contribution is 6.08. The largest absolute Gasteiger partial charge is 0.383 e. The van der Waals surface area contributed by atoms with E-state index in [1.165, 1.54) is 0 Å². The van der Waals surface area contributed by atoms with E-state index in [0.717, 1.165) is 0 Å². The first-order valence-corrected chi connectivity index (χ1v) is 5.33. The fraction of sp³-hybridized carbons (Fsp3) is 0.800. The Bertz CT molecular complexity index is 280. The fourth-order valence-electron chi connectivity index (χ4n) is 1.33. The molecule has 6 heteroatoms. The lowest BCUT2D eigenvalue weighted by Crippen LogP contribution is -2.48. The van der Waals surface area contributed by atoms with Crippen molar-refractivity contribution in [3.8, 4) is 0 Å². The summed E-state index contributed by atoms with van der Waals surface area (Å²) >= 11 is 0. The highest BCUT2D eigenvalue weighted by atomic mass is 16.5. The Balaban J connectivity index is 2.52. The normalized spacial score (nSPS) is 26.9. The van der Waals surface area contributed by atoms with Gasteiger partial charge in [0, 0.05) is 13.7 Å². The fourth-order valence-corrected chi connectivity index (χ4v) is 1.33. The Morgan fingerprint density at radius 2 is 2.25 bits per heavy atom. The predicted octanol–water partition coefficient (Wildman–Crippen LogP) is -0.497. The molecule has 1 fully saturated rings. The van der Waals surface area contributed by atoms with Gasteiger partial charge in [0.05, 0.1) is 19.8 Å². The maximum Gasteiger partial charge on any atom is 0.254 e. The van der Waals surface area contributed by atoms with Crippen LogP contribution in [0, 0.1) is 0 Å². The van der Waals surface area contributed by atoms with Gasteiger partial charge in [0.2, 0.25) is 0 Å². The number of hydrogen-bond donors (Lipinski definition) is 2. The van der Waals surface area contributed by atoms with Crippen molar-refractivity contribution in [2.45, 2.75) is 19.4 Å². The molecule has 6 nitrogen and oxygen atoms in total. The monoisotopic (exact) mass is 229 g/mol. The maximum atomic E-state index is 11.7. The molecule has 0 radical (unpaired) electrons. The summed E-state index contributed by atoms with van der Waals surface area (Å²) in [6.45, 7) is 5.65. The molecule has 0 aliphatic carbocycles. The van der Waals surface area contributed by atoms with Crippen molar-refractivity contribution < 1.29 is 14.3 Å². The molecule has 0 saturated carbocycles. The number of amides is 1. The van der Waals surface area contributed by atoms with Crippen molar-refractivity contribution in [1.29, 1.82) is 0 Å². The maximum absolute atomic E-state index is 11.7. The first kappa shape index (κ1) is 12.9. The highest BCUT2D eigenvalue weighted by Gasteiger charge is 2.40. The lowest BCUT2D eigenvalue weighted by Gasteiger charge is -2.20. The van der Waals surface area contributed by atoms with Crippen LogP contribution in [0.4, 0.5) is 0 Å². The molecule has 1 aliphatic rings. The van der Waals surface area contributed by atoms with Gasteiger partial charge in [0.1, 0.15) is 5.54 Å². The molecule has 1 saturated heterocycles. The minimum atomic E-state index is -0.720. The number of nitrogens with zero attached hydrogens (tertiary/aromatic N) is 1. The lowest BCUT2D eigenvalue weighted by atomic mass is 10.1. The van der Waals surface area contributed by atoms with Crippen LogP contribution in [0.25, 0.3) is 0 Å². The van der Waals surface area contributed by atoms with Crippen molar-refractivity contribution in [1.82, 2.24) is 10.6 Å². The molecule has 0 aromatic heterocycles. The van der Waals surface area contributed by atoms with Crippen LogP contribution in [-0.2, 0) is 14.3 Å². The summed E-state index contributed by atoms with van der Waals surface area (Å²) in [5, 5.41) is 5.70. The number of hydrogen-bond acceptors (Lipinski definition) is 4. The quantitative estimate of drug-likeness (QED) is 0.602. The third-order valence-corrected chi connectivity index (χ3v) is 2.29. The standard InChI is InChI=1S/C10H19N3O3/c1-4-16-7-10(2)8(14)12-9(13-10)11-5-6-15-3/h4-7H2,1-3H3,(H2,11,12,13,14). The summed E-state index contributed by atoms with van der Waals surface area (Å²) in [6, 6.07) is 0. The predicted molar refractivity (Wildman–Crippen MR) is 60.4 cm³/mol. The minimum absolute atomic E-state index is 0.114. The molecule has 0 bridgehead atoms. The highest BCUT2D eigenvalue weighted by Crippen LogP contribution is 2.09. The number of carbonyl (C=O) groups is 1. The van der Waals surface area contributed by atoms with Gasteiger partial charge < -0.3 is 14.8 Å². The molecule has 0 aromatic rings. The third-order valence-electron chi connectivity index (χ3n) is 2.29. The smallest absolute Gasteiger partial charge is 0.254 e. The third kappa shape index (κ3) is 3.18. The van der Waals surface area contributed by atoms with Crippen molar-refractivity contribution in [2.24, 2.45) is 4.99 Å². The molecule has 1 rings (SSSR count). The van der Waals surface area contributed by atoms with Gasteiger partial charge in [-0.2, -0.15) is 0 Å². The number of nitrogens with one attached hydrogen (secondary N) is 2. The average molecular weight is 229 g/mol. The number of carbonyl (C=O) groups excluding carboxylic acids is 1. The second-order valence-electron chi connectivity index (χ2n) is 3.77. The molecule has 1 amide bonds. The van der Waals surface area contributed by atoms with Gasteiger partial charge >= 0.3 is 0 Å². The molecule has 92 valence electrons. The molecular formula is C10H19N3O3. The van der Waals surface area contributed by atoms with Crippen molar-refractivity contribution in [3.05, 3.63) is 0 Å². The van der Waals surface area contributed by atoms with Crippen LogP contribution in [0.15, 0.2) is 4.99 Å². The molecule has 1 aliphatic heterocycles. The molecule has 1 unspecified atom stereocenters. The molecule has 16 heavy (non-hydrogen) atoms. The zero-order valence-electron chi connectivity index (χ0n) is 10.0. The van der Waals surface area contributed by atoms with Crippen LogP contribution in [0.3, 0.4) is 0 Å². The van der Waals surface area contributed by atoms with Crippen LogP contribution in [-0.4, -0.2) is 50.9 Å². The van der Waals surface area contributed by atoms with Crippen molar-refractivity contribution >= 4 is 11.9 Å². The van der Waals surface area contributed by atoms with E-state index in [9.17, 15) is 4.79 Å². The van der Waals surface area contributed by atoms with Gasteiger partial charge in [-0.1, -0.05) is 0 Å². The summed E-state index contributed by atoms with van der Waals surface area (Å²) < 4.78 is 10.1. The van der Waals surface area contributed by atoms with Gasteiger partial charge in [0.25, 0.3) is 5.91 Å². The number of aliphatic imine (C=N–C) groups is 1. The van der Waals surface area contributed by atoms with E-state index in [1.807, 2.05) is 6.92 Å². The van der Waals surface area contributed by atoms with Crippen molar-refractivity contribution in [3.63, 3.8) is 0 Å². The first-order chi connectivity index (χ1) is 7.62. The Kier molecular flexibility index (Phi) is 4.70. The molecule has 2 N–H and O–H groups in total. The molecule has 0 spiro atoms. The summed E-state index contributed by atoms with van der Waals surface area (Å²) in [4.78, 5) is 15.8. The summed E-state index contributed by atoms with van der Waals surface area (Å²) in [7, 11) is 1.61. The topological polar surface area (TPSA) is 71.9 Å². The Morgan fingerprint density at radius 3 is 2.88 bits per heavy atom. The van der Waals surface area contributed by atoms with Gasteiger partial charge in [-0.05, 0) is 13.8 Å². The Morgan fingerprint density at radius 1 is 1.50 bits per heavy atom. The SMILES string of the molecule is CCOCC1(C)NC(=NCCOC)NC1=O. The zero-order chi connectivity index (χ0) is 12.0. The molecular weight excluding hydrogens is 210 g/mol. The van der Waals surface area contributed by atoms with Crippen LogP contribution < -0.4 is 10.6 Å². The van der Waals surface area contributed by atoms with Crippen LogP contribution in [0.2, 0.25) is 0 Å². The van der Waals surface area contributed by atoms with Gasteiger partial charge in [-0.3, -0.25) is 15.1 Å². The van der Waals surface area contributed by atoms with E-state index < -0.39 is 5.54 Å². The van der Waals surface area contributed by atoms with Gasteiger partial charge in [-0.15, -0.1) is 0 Å². The second kappa shape index (κ2) is 5.81. The average Bonchev–Trinajstić information content (AvgIpc) is 2.53. The summed E-state index contributed by atoms with van der Waals surface area (Å²) in [5.74, 6) is 0.376. The molecule has 0 aromatic carbocycles.